The average Bonchev–Trinajstić information content (AvgIpc) is 2.90. The number of benzene rings is 2. The molecule has 3 rings (SSSR count). The normalized spacial score (nSPS) is 15.2. The van der Waals surface area contributed by atoms with Crippen molar-refractivity contribution in [2.75, 3.05) is 31.7 Å². The van der Waals surface area contributed by atoms with Crippen LogP contribution in [-0.4, -0.2) is 65.7 Å². The Balaban J connectivity index is 0.00000507. The van der Waals surface area contributed by atoms with Crippen LogP contribution >= 0.6 is 11.8 Å². The van der Waals surface area contributed by atoms with E-state index in [-0.39, 0.29) is 36.9 Å². The minimum atomic E-state index is -1.05. The molecule has 200 valence electrons. The van der Waals surface area contributed by atoms with Gasteiger partial charge in [0.1, 0.15) is 6.04 Å². The first-order chi connectivity index (χ1) is 17.8. The summed E-state index contributed by atoms with van der Waals surface area (Å²) in [7, 11) is 0. The zero-order chi connectivity index (χ0) is 26.9. The number of piperidine rings is 1. The van der Waals surface area contributed by atoms with Crippen molar-refractivity contribution in [3.8, 4) is 11.1 Å². The largest absolute Gasteiger partial charge is 1.00 e. The fourth-order valence-electron chi connectivity index (χ4n) is 4.72. The quantitative estimate of drug-likeness (QED) is 0.395. The summed E-state index contributed by atoms with van der Waals surface area (Å²) in [6.07, 6.45) is 3.48. The summed E-state index contributed by atoms with van der Waals surface area (Å²) >= 11 is 1.54. The van der Waals surface area contributed by atoms with Gasteiger partial charge in [0.05, 0.1) is 6.61 Å². The molecule has 8 nitrogen and oxygen atoms in total. The number of amides is 2. The van der Waals surface area contributed by atoms with Crippen molar-refractivity contribution in [3.05, 3.63) is 59.2 Å². The van der Waals surface area contributed by atoms with E-state index in [1.54, 1.807) is 17.9 Å². The molecule has 4 N–H and O–H groups in total. The number of nitrogens with zero attached hydrogens (tertiary/aromatic N) is 1. The van der Waals surface area contributed by atoms with Crippen molar-refractivity contribution in [1.82, 2.24) is 10.2 Å². The number of carboxylic acid groups (broad SMARTS) is 1. The number of carboxylic acids is 1. The number of nitrogens with one attached hydrogen (secondary N) is 1. The van der Waals surface area contributed by atoms with E-state index in [0.29, 0.717) is 37.4 Å². The molecule has 0 spiro atoms. The van der Waals surface area contributed by atoms with E-state index in [0.717, 1.165) is 35.1 Å². The second kappa shape index (κ2) is 15.2. The molecule has 38 heavy (non-hydrogen) atoms. The monoisotopic (exact) mass is 534 g/mol. The number of carbonyl (C=O) groups excluding carboxylic acids is 2. The number of nitrogens with two attached hydrogens (primary N) is 1. The van der Waals surface area contributed by atoms with E-state index in [1.165, 1.54) is 11.8 Å². The van der Waals surface area contributed by atoms with Crippen LogP contribution in [0.1, 0.15) is 53.7 Å². The fraction of sp³-hybridized carbons (Fsp3) is 0.464. The minimum absolute atomic E-state index is 0. The smallest absolute Gasteiger partial charge is 0.480 e. The molecule has 0 aliphatic carbocycles. The maximum absolute atomic E-state index is 13.3. The van der Waals surface area contributed by atoms with Gasteiger partial charge in [0.2, 0.25) is 0 Å². The molecule has 2 amide bonds. The third kappa shape index (κ3) is 8.03. The number of rotatable bonds is 10. The van der Waals surface area contributed by atoms with E-state index < -0.39 is 17.9 Å². The van der Waals surface area contributed by atoms with Gasteiger partial charge in [-0.3, -0.25) is 4.79 Å². The van der Waals surface area contributed by atoms with Gasteiger partial charge < -0.3 is 25.8 Å². The Morgan fingerprint density at radius 1 is 1.16 bits per heavy atom. The van der Waals surface area contributed by atoms with Crippen LogP contribution in [0.3, 0.4) is 0 Å². The summed E-state index contributed by atoms with van der Waals surface area (Å²) in [6, 6.07) is 12.1. The molecule has 0 saturated carbocycles. The summed E-state index contributed by atoms with van der Waals surface area (Å²) < 4.78 is 5.12. The van der Waals surface area contributed by atoms with Gasteiger partial charge in [0.25, 0.3) is 5.91 Å². The summed E-state index contributed by atoms with van der Waals surface area (Å²) in [4.78, 5) is 38.8. The van der Waals surface area contributed by atoms with Gasteiger partial charge in [-0.05, 0) is 85.4 Å². The van der Waals surface area contributed by atoms with Crippen molar-refractivity contribution in [2.45, 2.75) is 45.2 Å². The van der Waals surface area contributed by atoms with Crippen LogP contribution < -0.4 is 29.9 Å². The SMILES string of the molecule is CCOC(=O)N1CCC(C(N)c2ccc(C(=O)NC(CCSC)C(=O)O)c(-c3ccccc3C)c2)CC1.[Li+]. The van der Waals surface area contributed by atoms with Gasteiger partial charge in [-0.2, -0.15) is 11.8 Å². The van der Waals surface area contributed by atoms with E-state index in [2.05, 4.69) is 5.32 Å². The maximum atomic E-state index is 13.3. The standard InChI is InChI=1S/C28H37N3O5S.Li/c1-4-36-28(35)31-14-11-19(12-15-31)25(29)20-9-10-22(23(17-20)21-8-6-5-7-18(21)2)26(32)30-24(27(33)34)13-16-37-3;/h5-10,17,19,24-25H,4,11-16,29H2,1-3H3,(H,30,32)(H,33,34);/q;+1. The van der Waals surface area contributed by atoms with Crippen molar-refractivity contribution >= 4 is 29.7 Å². The van der Waals surface area contributed by atoms with Crippen LogP contribution in [0.25, 0.3) is 11.1 Å². The third-order valence-corrected chi connectivity index (χ3v) is 7.54. The van der Waals surface area contributed by atoms with Gasteiger partial charge in [0, 0.05) is 24.7 Å². The number of carbonyl (C=O) groups is 3. The van der Waals surface area contributed by atoms with Gasteiger partial charge in [0.15, 0.2) is 0 Å². The zero-order valence-electron chi connectivity index (χ0n) is 22.7. The predicted octanol–water partition coefficient (Wildman–Crippen LogP) is 1.47. The Bertz CT molecular complexity index is 1110. The third-order valence-electron chi connectivity index (χ3n) is 6.90. The van der Waals surface area contributed by atoms with Crippen molar-refractivity contribution < 1.29 is 43.1 Å². The van der Waals surface area contributed by atoms with Gasteiger partial charge in [-0.15, -0.1) is 0 Å². The molecule has 2 unspecified atom stereocenters. The molecule has 1 aliphatic rings. The summed E-state index contributed by atoms with van der Waals surface area (Å²) in [5, 5.41) is 12.3. The van der Waals surface area contributed by atoms with Crippen molar-refractivity contribution in [1.29, 1.82) is 0 Å². The summed E-state index contributed by atoms with van der Waals surface area (Å²) in [6.45, 7) is 5.31. The molecular weight excluding hydrogens is 497 g/mol. The number of hydrogen-bond acceptors (Lipinski definition) is 6. The number of hydrogen-bond donors (Lipinski definition) is 3. The van der Waals surface area contributed by atoms with E-state index >= 15 is 0 Å². The summed E-state index contributed by atoms with van der Waals surface area (Å²) in [5.74, 6) is -0.662. The Labute approximate surface area is 241 Å². The molecule has 10 heteroatoms. The number of aryl methyl sites for hydroxylation is 1. The Hall–Kier alpha value is -2.44. The van der Waals surface area contributed by atoms with Gasteiger partial charge >= 0.3 is 30.9 Å². The molecule has 0 aromatic heterocycles. The molecule has 0 bridgehead atoms. The number of aliphatic carboxylic acids is 1. The van der Waals surface area contributed by atoms with E-state index in [9.17, 15) is 19.5 Å². The Morgan fingerprint density at radius 2 is 1.84 bits per heavy atom. The first kappa shape index (κ1) is 31.8. The van der Waals surface area contributed by atoms with E-state index in [4.69, 9.17) is 10.5 Å². The number of likely N-dealkylation sites (tertiary alicyclic amines) is 1. The molecule has 1 fully saturated rings. The topological polar surface area (TPSA) is 122 Å². The van der Waals surface area contributed by atoms with Crippen LogP contribution in [0.2, 0.25) is 0 Å². The van der Waals surface area contributed by atoms with Gasteiger partial charge in [-0.1, -0.05) is 30.3 Å². The van der Waals surface area contributed by atoms with Crippen LogP contribution in [-0.2, 0) is 9.53 Å². The van der Waals surface area contributed by atoms with Crippen LogP contribution in [0, 0.1) is 12.8 Å². The first-order valence-corrected chi connectivity index (χ1v) is 14.1. The average molecular weight is 535 g/mol. The first-order valence-electron chi connectivity index (χ1n) is 12.7. The van der Waals surface area contributed by atoms with Crippen LogP contribution in [0.5, 0.6) is 0 Å². The molecular formula is C28H37LiN3O5S+. The fourth-order valence-corrected chi connectivity index (χ4v) is 5.19. The number of thioether (sulfide) groups is 1. The van der Waals surface area contributed by atoms with Crippen LogP contribution in [0.4, 0.5) is 4.79 Å². The molecule has 1 heterocycles. The van der Waals surface area contributed by atoms with Crippen LogP contribution in [0.15, 0.2) is 42.5 Å². The second-order valence-electron chi connectivity index (χ2n) is 9.31. The van der Waals surface area contributed by atoms with Crippen molar-refractivity contribution in [2.24, 2.45) is 11.7 Å². The Kier molecular flexibility index (Phi) is 12.7. The second-order valence-corrected chi connectivity index (χ2v) is 10.3. The minimum Gasteiger partial charge on any atom is -0.480 e. The summed E-state index contributed by atoms with van der Waals surface area (Å²) in [5.41, 5.74) is 10.7. The predicted molar refractivity (Wildman–Crippen MR) is 147 cm³/mol. The molecule has 2 aromatic carbocycles. The van der Waals surface area contributed by atoms with Gasteiger partial charge in [-0.25, -0.2) is 9.59 Å². The zero-order valence-corrected chi connectivity index (χ0v) is 23.6. The molecule has 1 saturated heterocycles. The molecule has 1 aliphatic heterocycles. The molecule has 0 radical (unpaired) electrons. The molecule has 2 atom stereocenters. The molecule has 2 aromatic rings. The van der Waals surface area contributed by atoms with Crippen molar-refractivity contribution in [3.63, 3.8) is 0 Å². The number of ether oxygens (including phenoxy) is 1. The van der Waals surface area contributed by atoms with E-state index in [1.807, 2.05) is 49.6 Å². The Morgan fingerprint density at radius 3 is 2.45 bits per heavy atom. The maximum Gasteiger partial charge on any atom is 1.00 e.